The van der Waals surface area contributed by atoms with E-state index in [2.05, 4.69) is 31.7 Å². The highest BCUT2D eigenvalue weighted by Gasteiger charge is 2.03. The maximum atomic E-state index is 5.64. The average molecular weight is 238 g/mol. The molecule has 0 radical (unpaired) electrons. The third kappa shape index (κ3) is 3.01. The summed E-state index contributed by atoms with van der Waals surface area (Å²) in [6, 6.07) is 18.3. The monoisotopic (exact) mass is 238 g/mol. The van der Waals surface area contributed by atoms with E-state index in [1.165, 1.54) is 0 Å². The van der Waals surface area contributed by atoms with Gasteiger partial charge in [-0.3, -0.25) is 0 Å². The van der Waals surface area contributed by atoms with Gasteiger partial charge in [0.2, 0.25) is 0 Å². The molecule has 0 atom stereocenters. The molecule has 0 saturated carbocycles. The van der Waals surface area contributed by atoms with Crippen molar-refractivity contribution in [3.63, 3.8) is 0 Å². The highest BCUT2D eigenvalue weighted by molar-refractivity contribution is 5.78. The molecule has 2 rings (SSSR count). The lowest BCUT2D eigenvalue weighted by Gasteiger charge is -2.09. The molecule has 0 amide bonds. The lowest BCUT2D eigenvalue weighted by Crippen LogP contribution is -1.95. The first-order valence-electron chi connectivity index (χ1n) is 6.29. The van der Waals surface area contributed by atoms with Crippen LogP contribution >= 0.6 is 0 Å². The van der Waals surface area contributed by atoms with Crippen molar-refractivity contribution >= 4 is 5.57 Å². The molecule has 0 N–H and O–H groups in total. The van der Waals surface area contributed by atoms with E-state index in [0.29, 0.717) is 0 Å². The largest absolute Gasteiger partial charge is 0.494 e. The van der Waals surface area contributed by atoms with Gasteiger partial charge < -0.3 is 4.74 Å². The van der Waals surface area contributed by atoms with E-state index in [4.69, 9.17) is 4.74 Å². The Labute approximate surface area is 109 Å². The third-order valence-corrected chi connectivity index (χ3v) is 2.78. The van der Waals surface area contributed by atoms with Crippen molar-refractivity contribution in [2.45, 2.75) is 13.3 Å². The molecular formula is C17H18O. The first-order valence-corrected chi connectivity index (χ1v) is 6.29. The molecule has 18 heavy (non-hydrogen) atoms. The van der Waals surface area contributed by atoms with E-state index in [9.17, 15) is 0 Å². The minimum Gasteiger partial charge on any atom is -0.494 e. The van der Waals surface area contributed by atoms with Gasteiger partial charge in [0, 0.05) is 0 Å². The van der Waals surface area contributed by atoms with Crippen LogP contribution in [0.25, 0.3) is 5.57 Å². The summed E-state index contributed by atoms with van der Waals surface area (Å²) < 4.78 is 5.64. The van der Waals surface area contributed by atoms with Crippen LogP contribution in [0.3, 0.4) is 0 Å². The quantitative estimate of drug-likeness (QED) is 0.743. The third-order valence-electron chi connectivity index (χ3n) is 2.78. The first kappa shape index (κ1) is 12.4. The normalized spacial score (nSPS) is 10.1. The summed E-state index contributed by atoms with van der Waals surface area (Å²) in [4.78, 5) is 0. The molecule has 2 aromatic rings. The predicted molar refractivity (Wildman–Crippen MR) is 76.8 cm³/mol. The van der Waals surface area contributed by atoms with E-state index >= 15 is 0 Å². The van der Waals surface area contributed by atoms with Crippen LogP contribution in [0.2, 0.25) is 0 Å². The van der Waals surface area contributed by atoms with Gasteiger partial charge in [0.05, 0.1) is 6.61 Å². The fourth-order valence-corrected chi connectivity index (χ4v) is 1.80. The van der Waals surface area contributed by atoms with Crippen LogP contribution in [0.15, 0.2) is 61.2 Å². The van der Waals surface area contributed by atoms with Crippen LogP contribution < -0.4 is 4.74 Å². The Balaban J connectivity index is 2.20. The number of hydrogen-bond donors (Lipinski definition) is 0. The summed E-state index contributed by atoms with van der Waals surface area (Å²) in [5, 5.41) is 0. The fourth-order valence-electron chi connectivity index (χ4n) is 1.80. The van der Waals surface area contributed by atoms with Crippen molar-refractivity contribution in [3.05, 3.63) is 72.3 Å². The van der Waals surface area contributed by atoms with Gasteiger partial charge >= 0.3 is 0 Å². The van der Waals surface area contributed by atoms with E-state index in [1.807, 2.05) is 36.4 Å². The molecule has 2 aromatic carbocycles. The van der Waals surface area contributed by atoms with Gasteiger partial charge in [-0.05, 0) is 35.3 Å². The second-order valence-corrected chi connectivity index (χ2v) is 4.22. The lowest BCUT2D eigenvalue weighted by atomic mass is 10.00. The molecule has 0 aliphatic carbocycles. The maximum absolute atomic E-state index is 5.64. The first-order chi connectivity index (χ1) is 8.81. The summed E-state index contributed by atoms with van der Waals surface area (Å²) >= 11 is 0. The van der Waals surface area contributed by atoms with Gasteiger partial charge in [-0.1, -0.05) is 56.0 Å². The Bertz CT molecular complexity index is 514. The zero-order valence-electron chi connectivity index (χ0n) is 10.7. The standard InChI is InChI=1S/C17H18O/c1-3-12-18-17-11-7-10-16(13-17)14(2)15-8-5-4-6-9-15/h4-11,13H,2-3,12H2,1H3. The molecule has 0 bridgehead atoms. The second kappa shape index (κ2) is 6.06. The average Bonchev–Trinajstić information content (AvgIpc) is 2.45. The van der Waals surface area contributed by atoms with Crippen molar-refractivity contribution < 1.29 is 4.74 Å². The van der Waals surface area contributed by atoms with Crippen LogP contribution in [-0.2, 0) is 0 Å². The minimum absolute atomic E-state index is 0.751. The lowest BCUT2D eigenvalue weighted by molar-refractivity contribution is 0.317. The molecule has 92 valence electrons. The summed E-state index contributed by atoms with van der Waals surface area (Å²) in [6.07, 6.45) is 1.02. The smallest absolute Gasteiger partial charge is 0.119 e. The van der Waals surface area contributed by atoms with Crippen molar-refractivity contribution in [1.82, 2.24) is 0 Å². The van der Waals surface area contributed by atoms with E-state index in [1.54, 1.807) is 0 Å². The van der Waals surface area contributed by atoms with Crippen LogP contribution in [0.1, 0.15) is 24.5 Å². The summed E-state index contributed by atoms with van der Waals surface area (Å²) in [5.74, 6) is 0.909. The summed E-state index contributed by atoms with van der Waals surface area (Å²) in [6.45, 7) is 7.02. The maximum Gasteiger partial charge on any atom is 0.119 e. The molecule has 0 aliphatic rings. The topological polar surface area (TPSA) is 9.23 Å². The molecule has 0 spiro atoms. The number of benzene rings is 2. The molecule has 1 heteroatoms. The van der Waals surface area contributed by atoms with Gasteiger partial charge in [-0.2, -0.15) is 0 Å². The van der Waals surface area contributed by atoms with Gasteiger partial charge in [0.25, 0.3) is 0 Å². The zero-order valence-corrected chi connectivity index (χ0v) is 10.7. The summed E-state index contributed by atoms with van der Waals surface area (Å²) in [7, 11) is 0. The number of rotatable bonds is 5. The molecule has 0 fully saturated rings. The molecular weight excluding hydrogens is 220 g/mol. The van der Waals surface area contributed by atoms with Crippen molar-refractivity contribution in [2.24, 2.45) is 0 Å². The van der Waals surface area contributed by atoms with Crippen LogP contribution in [0, 0.1) is 0 Å². The molecule has 0 aromatic heterocycles. The Morgan fingerprint density at radius 1 is 1.00 bits per heavy atom. The minimum atomic E-state index is 0.751. The Hall–Kier alpha value is -2.02. The van der Waals surface area contributed by atoms with Gasteiger partial charge in [-0.25, -0.2) is 0 Å². The van der Waals surface area contributed by atoms with Gasteiger partial charge in [0.1, 0.15) is 5.75 Å². The Morgan fingerprint density at radius 2 is 1.72 bits per heavy atom. The van der Waals surface area contributed by atoms with Crippen molar-refractivity contribution in [3.8, 4) is 5.75 Å². The van der Waals surface area contributed by atoms with Crippen molar-refractivity contribution in [2.75, 3.05) is 6.61 Å². The molecule has 0 heterocycles. The highest BCUT2D eigenvalue weighted by Crippen LogP contribution is 2.24. The van der Waals surface area contributed by atoms with Gasteiger partial charge in [-0.15, -0.1) is 0 Å². The zero-order chi connectivity index (χ0) is 12.8. The van der Waals surface area contributed by atoms with E-state index in [0.717, 1.165) is 35.5 Å². The molecule has 0 saturated heterocycles. The number of ether oxygens (including phenoxy) is 1. The highest BCUT2D eigenvalue weighted by atomic mass is 16.5. The van der Waals surface area contributed by atoms with Crippen molar-refractivity contribution in [1.29, 1.82) is 0 Å². The molecule has 0 aliphatic heterocycles. The molecule has 1 nitrogen and oxygen atoms in total. The van der Waals surface area contributed by atoms with Crippen LogP contribution in [0.5, 0.6) is 5.75 Å². The predicted octanol–water partition coefficient (Wildman–Crippen LogP) is 4.54. The van der Waals surface area contributed by atoms with E-state index < -0.39 is 0 Å². The fraction of sp³-hybridized carbons (Fsp3) is 0.176. The Morgan fingerprint density at radius 3 is 2.44 bits per heavy atom. The molecule has 0 unspecified atom stereocenters. The van der Waals surface area contributed by atoms with Crippen LogP contribution in [0.4, 0.5) is 0 Å². The SMILES string of the molecule is C=C(c1ccccc1)c1cccc(OCCC)c1. The summed E-state index contributed by atoms with van der Waals surface area (Å²) in [5.41, 5.74) is 3.28. The number of hydrogen-bond acceptors (Lipinski definition) is 1. The second-order valence-electron chi connectivity index (χ2n) is 4.22. The van der Waals surface area contributed by atoms with E-state index in [-0.39, 0.29) is 0 Å². The Kier molecular flexibility index (Phi) is 4.19. The van der Waals surface area contributed by atoms with Gasteiger partial charge in [0.15, 0.2) is 0 Å². The van der Waals surface area contributed by atoms with Crippen LogP contribution in [-0.4, -0.2) is 6.61 Å².